The summed E-state index contributed by atoms with van der Waals surface area (Å²) in [6.45, 7) is 0.600. The van der Waals surface area contributed by atoms with Crippen LogP contribution in [-0.4, -0.2) is 27.5 Å². The van der Waals surface area contributed by atoms with Crippen molar-refractivity contribution in [2.45, 2.75) is 19.6 Å². The largest absolute Gasteiger partial charge is 0.471 e. The minimum absolute atomic E-state index is 0.220. The number of rotatable bonds is 8. The number of amides is 1. The SMILES string of the molecule is O=C(Cl)CCCNC(=O)c1ccn(COc2ccccc2)n1. The number of ether oxygens (including phenoxy) is 1. The fourth-order valence-electron chi connectivity index (χ4n) is 1.73. The van der Waals surface area contributed by atoms with Crippen molar-refractivity contribution in [2.75, 3.05) is 6.54 Å². The minimum atomic E-state index is -0.406. The molecule has 0 fully saturated rings. The first kappa shape index (κ1) is 16.0. The highest BCUT2D eigenvalue weighted by Gasteiger charge is 2.09. The van der Waals surface area contributed by atoms with Crippen LogP contribution in [0.25, 0.3) is 0 Å². The van der Waals surface area contributed by atoms with Crippen molar-refractivity contribution in [2.24, 2.45) is 0 Å². The normalized spacial score (nSPS) is 10.2. The van der Waals surface area contributed by atoms with Gasteiger partial charge in [0.2, 0.25) is 5.24 Å². The second-order valence-electron chi connectivity index (χ2n) is 4.54. The Labute approximate surface area is 133 Å². The summed E-state index contributed by atoms with van der Waals surface area (Å²) in [6.07, 6.45) is 2.41. The number of halogens is 1. The molecule has 1 heterocycles. The number of hydrogen-bond acceptors (Lipinski definition) is 4. The summed E-state index contributed by atoms with van der Waals surface area (Å²) in [7, 11) is 0. The lowest BCUT2D eigenvalue weighted by molar-refractivity contribution is -0.111. The number of nitrogens with zero attached hydrogens (tertiary/aromatic N) is 2. The Bertz CT molecular complexity index is 628. The highest BCUT2D eigenvalue weighted by atomic mass is 35.5. The second-order valence-corrected chi connectivity index (χ2v) is 4.96. The topological polar surface area (TPSA) is 73.2 Å². The number of carbonyl (C=O) groups excluding carboxylic acids is 2. The van der Waals surface area contributed by atoms with Gasteiger partial charge in [-0.1, -0.05) is 18.2 Å². The lowest BCUT2D eigenvalue weighted by atomic mass is 10.3. The van der Waals surface area contributed by atoms with Gasteiger partial charge in [0.1, 0.15) is 11.4 Å². The average Bonchev–Trinajstić information content (AvgIpc) is 2.99. The van der Waals surface area contributed by atoms with Gasteiger partial charge in [0, 0.05) is 19.2 Å². The zero-order chi connectivity index (χ0) is 15.8. The van der Waals surface area contributed by atoms with Crippen molar-refractivity contribution < 1.29 is 14.3 Å². The average molecular weight is 322 g/mol. The Morgan fingerprint density at radius 2 is 2.00 bits per heavy atom. The van der Waals surface area contributed by atoms with Gasteiger partial charge in [-0.3, -0.25) is 9.59 Å². The second kappa shape index (κ2) is 8.19. The van der Waals surface area contributed by atoms with Crippen LogP contribution in [0.2, 0.25) is 0 Å². The van der Waals surface area contributed by atoms with E-state index < -0.39 is 5.24 Å². The molecule has 0 aliphatic rings. The minimum Gasteiger partial charge on any atom is -0.471 e. The van der Waals surface area contributed by atoms with Crippen molar-refractivity contribution in [3.8, 4) is 5.75 Å². The van der Waals surface area contributed by atoms with E-state index in [9.17, 15) is 9.59 Å². The van der Waals surface area contributed by atoms with Crippen molar-refractivity contribution in [3.05, 3.63) is 48.3 Å². The summed E-state index contributed by atoms with van der Waals surface area (Å²) in [5.74, 6) is 0.440. The Kier molecular flexibility index (Phi) is 5.97. The van der Waals surface area contributed by atoms with Gasteiger partial charge >= 0.3 is 0 Å². The highest BCUT2D eigenvalue weighted by molar-refractivity contribution is 6.63. The summed E-state index contributed by atoms with van der Waals surface area (Å²) < 4.78 is 7.06. The van der Waals surface area contributed by atoms with Crippen LogP contribution < -0.4 is 10.1 Å². The molecule has 0 saturated heterocycles. The number of aromatic nitrogens is 2. The maximum absolute atomic E-state index is 11.8. The van der Waals surface area contributed by atoms with Crippen molar-refractivity contribution >= 4 is 22.8 Å². The molecule has 22 heavy (non-hydrogen) atoms. The van der Waals surface area contributed by atoms with Crippen LogP contribution in [0.4, 0.5) is 0 Å². The molecule has 0 spiro atoms. The molecule has 1 aromatic carbocycles. The Morgan fingerprint density at radius 3 is 2.73 bits per heavy atom. The first-order valence-corrected chi connectivity index (χ1v) is 7.21. The van der Waals surface area contributed by atoms with Gasteiger partial charge in [-0.15, -0.1) is 0 Å². The monoisotopic (exact) mass is 321 g/mol. The van der Waals surface area contributed by atoms with E-state index in [2.05, 4.69) is 10.4 Å². The third-order valence-corrected chi connectivity index (χ3v) is 3.00. The summed E-state index contributed by atoms with van der Waals surface area (Å²) in [5.41, 5.74) is 0.300. The number of carbonyl (C=O) groups is 2. The Balaban J connectivity index is 1.78. The standard InChI is InChI=1S/C15H16ClN3O3/c16-14(20)7-4-9-17-15(21)13-8-10-19(18-13)11-22-12-5-2-1-3-6-12/h1-3,5-6,8,10H,4,7,9,11H2,(H,17,21). The number of benzene rings is 1. The van der Waals surface area contributed by atoms with E-state index in [1.54, 1.807) is 12.3 Å². The maximum atomic E-state index is 11.8. The van der Waals surface area contributed by atoms with Crippen molar-refractivity contribution in [1.82, 2.24) is 15.1 Å². The summed E-state index contributed by atoms with van der Waals surface area (Å²) in [6, 6.07) is 11.0. The van der Waals surface area contributed by atoms with Crippen LogP contribution in [0.3, 0.4) is 0 Å². The number of hydrogen-bond donors (Lipinski definition) is 1. The van der Waals surface area contributed by atoms with E-state index in [0.29, 0.717) is 18.7 Å². The van der Waals surface area contributed by atoms with E-state index in [1.165, 1.54) is 4.68 Å². The predicted octanol–water partition coefficient (Wildman–Crippen LogP) is 2.20. The molecule has 0 bridgehead atoms. The molecule has 1 aromatic heterocycles. The molecule has 0 saturated carbocycles. The van der Waals surface area contributed by atoms with E-state index in [1.807, 2.05) is 30.3 Å². The van der Waals surface area contributed by atoms with Gasteiger partial charge in [0.25, 0.3) is 5.91 Å². The molecule has 6 nitrogen and oxygen atoms in total. The number of nitrogens with one attached hydrogen (secondary N) is 1. The molecule has 0 radical (unpaired) electrons. The fraction of sp³-hybridized carbons (Fsp3) is 0.267. The molecule has 1 N–H and O–H groups in total. The van der Waals surface area contributed by atoms with Crippen LogP contribution in [0, 0.1) is 0 Å². The van der Waals surface area contributed by atoms with Crippen LogP contribution in [0.1, 0.15) is 23.3 Å². The molecule has 0 aliphatic carbocycles. The molecule has 2 aromatic rings. The van der Waals surface area contributed by atoms with Crippen LogP contribution in [0.5, 0.6) is 5.75 Å². The summed E-state index contributed by atoms with van der Waals surface area (Å²) >= 11 is 5.22. The molecule has 7 heteroatoms. The van der Waals surface area contributed by atoms with E-state index in [-0.39, 0.29) is 19.1 Å². The van der Waals surface area contributed by atoms with Crippen LogP contribution >= 0.6 is 11.6 Å². The quantitative estimate of drug-likeness (QED) is 0.597. The number of para-hydroxylation sites is 1. The van der Waals surface area contributed by atoms with E-state index >= 15 is 0 Å². The van der Waals surface area contributed by atoms with Gasteiger partial charge in [0.15, 0.2) is 6.73 Å². The molecule has 0 aliphatic heterocycles. The first-order valence-electron chi connectivity index (χ1n) is 6.83. The Hall–Kier alpha value is -2.34. The van der Waals surface area contributed by atoms with Crippen molar-refractivity contribution in [1.29, 1.82) is 0 Å². The lowest BCUT2D eigenvalue weighted by Crippen LogP contribution is -2.25. The summed E-state index contributed by atoms with van der Waals surface area (Å²) in [4.78, 5) is 22.4. The third kappa shape index (κ3) is 5.21. The lowest BCUT2D eigenvalue weighted by Gasteiger charge is -2.05. The van der Waals surface area contributed by atoms with Gasteiger partial charge in [0.05, 0.1) is 0 Å². The van der Waals surface area contributed by atoms with Gasteiger partial charge < -0.3 is 10.1 Å². The molecule has 116 valence electrons. The van der Waals surface area contributed by atoms with Gasteiger partial charge in [-0.2, -0.15) is 5.10 Å². The zero-order valence-corrected chi connectivity index (χ0v) is 12.6. The van der Waals surface area contributed by atoms with E-state index in [4.69, 9.17) is 16.3 Å². The molecule has 2 rings (SSSR count). The zero-order valence-electron chi connectivity index (χ0n) is 11.9. The van der Waals surface area contributed by atoms with Crippen LogP contribution in [0.15, 0.2) is 42.6 Å². The molecule has 1 amide bonds. The molecule has 0 unspecified atom stereocenters. The summed E-state index contributed by atoms with van der Waals surface area (Å²) in [5, 5.41) is 6.39. The predicted molar refractivity (Wildman–Crippen MR) is 81.7 cm³/mol. The van der Waals surface area contributed by atoms with E-state index in [0.717, 1.165) is 5.75 Å². The Morgan fingerprint density at radius 1 is 1.23 bits per heavy atom. The van der Waals surface area contributed by atoms with Gasteiger partial charge in [-0.05, 0) is 36.2 Å². The van der Waals surface area contributed by atoms with Crippen molar-refractivity contribution in [3.63, 3.8) is 0 Å². The molecular weight excluding hydrogens is 306 g/mol. The van der Waals surface area contributed by atoms with Crippen LogP contribution in [-0.2, 0) is 11.5 Å². The molecular formula is C15H16ClN3O3. The first-order chi connectivity index (χ1) is 10.6. The third-order valence-electron chi connectivity index (χ3n) is 2.82. The fourth-order valence-corrected chi connectivity index (χ4v) is 1.87. The highest BCUT2D eigenvalue weighted by Crippen LogP contribution is 2.09. The van der Waals surface area contributed by atoms with Gasteiger partial charge in [-0.25, -0.2) is 4.68 Å². The smallest absolute Gasteiger partial charge is 0.271 e. The maximum Gasteiger partial charge on any atom is 0.271 e. The molecule has 0 atom stereocenters.